The van der Waals surface area contributed by atoms with Crippen LogP contribution in [-0.4, -0.2) is 56.9 Å². The van der Waals surface area contributed by atoms with Gasteiger partial charge in [0.25, 0.3) is 0 Å². The molecule has 34 valence electrons. The molecule has 2 N–H and O–H groups in total. The predicted octanol–water partition coefficient (Wildman–Crippen LogP) is -1.88. The molecule has 0 heterocycles. The van der Waals surface area contributed by atoms with Gasteiger partial charge in [0, 0.05) is 0 Å². The molecule has 0 amide bonds. The van der Waals surface area contributed by atoms with E-state index >= 15 is 0 Å². The van der Waals surface area contributed by atoms with Crippen LogP contribution < -0.4 is 0 Å². The van der Waals surface area contributed by atoms with Crippen molar-refractivity contribution in [3.8, 4) is 0 Å². The number of rotatable bonds is 0. The molecule has 5 heteroatoms. The quantitative estimate of drug-likeness (QED) is 0.366. The van der Waals surface area contributed by atoms with Gasteiger partial charge in [-0.1, -0.05) is 0 Å². The Labute approximate surface area is 61.7 Å². The van der Waals surface area contributed by atoms with Gasteiger partial charge in [-0.3, -0.25) is 0 Å². The molecular weight excluding hydrogens is 111 g/mol. The molecule has 0 aromatic heterocycles. The van der Waals surface area contributed by atoms with E-state index in [2.05, 4.69) is 0 Å². The van der Waals surface area contributed by atoms with Crippen LogP contribution in [-0.2, 0) is 0 Å². The van der Waals surface area contributed by atoms with E-state index in [4.69, 9.17) is 15.0 Å². The predicted molar refractivity (Wildman–Crippen MR) is 29.1 cm³/mol. The number of hydrogen-bond donors (Lipinski definition) is 2. The molecule has 0 aliphatic heterocycles. The smallest absolute Gasteiger partial charge is 0.0149 e. The fourth-order valence-corrected chi connectivity index (χ4v) is 0. The van der Waals surface area contributed by atoms with Crippen LogP contribution in [0.1, 0.15) is 0 Å². The summed E-state index contributed by atoms with van der Waals surface area (Å²) in [5.74, 6) is 0. The zero-order valence-corrected chi connectivity index (χ0v) is 1.80. The normalized spacial score (nSPS) is 4.00. The molecule has 0 fully saturated rings. The Morgan fingerprint density at radius 2 is 1.33 bits per heavy atom. The topological polar surface area (TPSA) is 57.5 Å². The average Bonchev–Trinajstić information content (AvgIpc) is 0.811. The molecule has 0 spiro atoms. The van der Waals surface area contributed by atoms with Crippen LogP contribution in [0.4, 0.5) is 4.79 Å². The molecule has 6 heavy (non-hydrogen) atoms. The Kier molecular flexibility index (Phi) is 24.3. The summed E-state index contributed by atoms with van der Waals surface area (Å²) in [5.41, 5.74) is 0. The monoisotopic (exact) mass is 118 g/mol. The van der Waals surface area contributed by atoms with Gasteiger partial charge in [-0.2, -0.15) is 0 Å². The van der Waals surface area contributed by atoms with Gasteiger partial charge in [0.15, 0.2) is 0 Å². The van der Waals surface area contributed by atoms with E-state index in [-0.39, 0.29) is 40.5 Å². The van der Waals surface area contributed by atoms with Gasteiger partial charge < -0.3 is 10.2 Å². The Morgan fingerprint density at radius 3 is 1.33 bits per heavy atom. The second-order valence-electron chi connectivity index (χ2n) is 0.283. The third-order valence-corrected chi connectivity index (χ3v) is 0. The van der Waals surface area contributed by atoms with E-state index < -0.39 is 6.16 Å². The summed E-state index contributed by atoms with van der Waals surface area (Å²) < 4.78 is 0. The first kappa shape index (κ1) is 16.1. The Bertz CT molecular complexity index is 33.8. The van der Waals surface area contributed by atoms with Gasteiger partial charge in [0.05, 0.1) is 0 Å². The van der Waals surface area contributed by atoms with Crippen LogP contribution in [0.25, 0.3) is 0 Å². The molecule has 0 atom stereocenters. The minimum Gasteiger partial charge on any atom is -0.0149 e. The number of hydrogen-bond acceptors (Lipinski definition) is 1. The Balaban J connectivity index is -0.0000000450. The van der Waals surface area contributed by atoms with Crippen molar-refractivity contribution in [3.63, 3.8) is 0 Å². The average molecular weight is 118 g/mol. The molecule has 0 aliphatic carbocycles. The molecule has 0 rings (SSSR count). The number of carboxylic acid groups (broad SMARTS) is 2. The molecule has 0 saturated heterocycles. The summed E-state index contributed by atoms with van der Waals surface area (Å²) >= 11 is 0. The third-order valence-electron chi connectivity index (χ3n) is 0. The van der Waals surface area contributed by atoms with Crippen LogP contribution in [0.3, 0.4) is 0 Å². The molecule has 0 bridgehead atoms. The van der Waals surface area contributed by atoms with Crippen molar-refractivity contribution in [2.75, 3.05) is 0 Å². The maximum atomic E-state index is 8.56. The molecular formula is CH7NaO3Si. The molecule has 0 aliphatic rings. The zero-order valence-electron chi connectivity index (χ0n) is 1.80. The van der Waals surface area contributed by atoms with Crippen molar-refractivity contribution < 1.29 is 15.0 Å². The van der Waals surface area contributed by atoms with Crippen LogP contribution >= 0.6 is 0 Å². The van der Waals surface area contributed by atoms with Crippen molar-refractivity contribution in [1.82, 2.24) is 0 Å². The van der Waals surface area contributed by atoms with E-state index in [9.17, 15) is 0 Å². The maximum absolute atomic E-state index is 8.56. The van der Waals surface area contributed by atoms with E-state index in [0.717, 1.165) is 0 Å². The molecule has 0 radical (unpaired) electrons. The first-order valence-electron chi connectivity index (χ1n) is 0.651. The summed E-state index contributed by atoms with van der Waals surface area (Å²) in [4.78, 5) is 8.56. The molecule has 3 nitrogen and oxygen atoms in total. The van der Waals surface area contributed by atoms with Crippen molar-refractivity contribution in [2.45, 2.75) is 0 Å². The number of carbonyl (C=O) groups is 1. The fourth-order valence-electron chi connectivity index (χ4n) is 0. The maximum Gasteiger partial charge on any atom is -0.0149 e. The summed E-state index contributed by atoms with van der Waals surface area (Å²) in [6, 6.07) is 0. The van der Waals surface area contributed by atoms with Crippen LogP contribution in [0.2, 0.25) is 0 Å². The van der Waals surface area contributed by atoms with E-state index in [1.807, 2.05) is 0 Å². The fraction of sp³-hybridized carbons (Fsp3) is 0. The third kappa shape index (κ3) is 230. The van der Waals surface area contributed by atoms with Crippen molar-refractivity contribution >= 4 is 46.7 Å². The molecule has 0 aromatic carbocycles. The van der Waals surface area contributed by atoms with Gasteiger partial charge >= 0.3 is 35.7 Å². The van der Waals surface area contributed by atoms with Gasteiger partial charge in [0.1, 0.15) is 0 Å². The standard InChI is InChI=1S/CH2O3.Na.H4Si.H/c2-1(3)4;;;/h(H2,2,3,4);;1H4;. The van der Waals surface area contributed by atoms with Crippen LogP contribution in [0.15, 0.2) is 0 Å². The molecule has 0 saturated carbocycles. The van der Waals surface area contributed by atoms with Crippen molar-refractivity contribution in [3.05, 3.63) is 0 Å². The minimum absolute atomic E-state index is 0. The SMILES string of the molecule is O=C(O)O.[NaH].[SiH4]. The Hall–Kier alpha value is 0.487. The second-order valence-corrected chi connectivity index (χ2v) is 0.283. The van der Waals surface area contributed by atoms with Gasteiger partial charge in [-0.15, -0.1) is 0 Å². The van der Waals surface area contributed by atoms with E-state index in [0.29, 0.717) is 0 Å². The van der Waals surface area contributed by atoms with E-state index in [1.54, 1.807) is 0 Å². The first-order chi connectivity index (χ1) is 1.73. The Morgan fingerprint density at radius 1 is 1.33 bits per heavy atom. The zero-order chi connectivity index (χ0) is 3.58. The van der Waals surface area contributed by atoms with Gasteiger partial charge in [-0.25, -0.2) is 4.79 Å². The molecule has 0 unspecified atom stereocenters. The first-order valence-corrected chi connectivity index (χ1v) is 0.651. The summed E-state index contributed by atoms with van der Waals surface area (Å²) in [5, 5.41) is 13.9. The van der Waals surface area contributed by atoms with Crippen molar-refractivity contribution in [1.29, 1.82) is 0 Å². The molecule has 0 aromatic rings. The summed E-state index contributed by atoms with van der Waals surface area (Å²) in [6.07, 6.45) is -1.83. The second kappa shape index (κ2) is 9.09. The summed E-state index contributed by atoms with van der Waals surface area (Å²) in [7, 11) is 0. The largest absolute Gasteiger partial charge is 0.0149 e. The van der Waals surface area contributed by atoms with Gasteiger partial charge in [0.2, 0.25) is 0 Å². The van der Waals surface area contributed by atoms with Crippen LogP contribution in [0, 0.1) is 0 Å². The van der Waals surface area contributed by atoms with Crippen LogP contribution in [0.5, 0.6) is 0 Å². The minimum atomic E-state index is -1.83. The van der Waals surface area contributed by atoms with Crippen molar-refractivity contribution in [2.24, 2.45) is 0 Å². The summed E-state index contributed by atoms with van der Waals surface area (Å²) in [6.45, 7) is 0. The van der Waals surface area contributed by atoms with E-state index in [1.165, 1.54) is 0 Å². The van der Waals surface area contributed by atoms with Gasteiger partial charge in [-0.05, 0) is 11.0 Å².